The van der Waals surface area contributed by atoms with Crippen molar-refractivity contribution in [2.24, 2.45) is 0 Å². The first kappa shape index (κ1) is 26.8. The second-order valence-electron chi connectivity index (χ2n) is 9.74. The molecule has 0 saturated heterocycles. The van der Waals surface area contributed by atoms with E-state index < -0.39 is 32.7 Å². The fourth-order valence-corrected chi connectivity index (χ4v) is 6.07. The lowest BCUT2D eigenvalue weighted by Crippen LogP contribution is -2.18. The van der Waals surface area contributed by atoms with Crippen LogP contribution in [0.5, 0.6) is 11.5 Å². The smallest absolute Gasteiger partial charge is 0.235 e. The number of aromatic nitrogens is 3. The van der Waals surface area contributed by atoms with Crippen molar-refractivity contribution in [3.63, 3.8) is 0 Å². The molecule has 3 aromatic carbocycles. The Balaban J connectivity index is 1.29. The van der Waals surface area contributed by atoms with Crippen LogP contribution in [0.15, 0.2) is 60.8 Å². The SMILES string of the molecule is Cc1cc(Oc2ccccc2Cl)cc(F)c1-n1ncc(C(=O)c2cc3cc(F)c(NS(=O)(=O)C4CC4)cc3[nH]2)c1N. The summed E-state index contributed by atoms with van der Waals surface area (Å²) >= 11 is 6.13. The molecular formula is C28H22ClF2N5O4S. The molecule has 0 bridgehead atoms. The summed E-state index contributed by atoms with van der Waals surface area (Å²) < 4.78 is 63.6. The first-order chi connectivity index (χ1) is 19.5. The van der Waals surface area contributed by atoms with Gasteiger partial charge in [-0.2, -0.15) is 5.10 Å². The third-order valence-corrected chi connectivity index (χ3v) is 8.89. The molecule has 210 valence electrons. The maximum Gasteiger partial charge on any atom is 0.235 e. The molecule has 0 radical (unpaired) electrons. The van der Waals surface area contributed by atoms with Gasteiger partial charge in [0.05, 0.1) is 33.4 Å². The fraction of sp³-hybridized carbons (Fsp3) is 0.143. The van der Waals surface area contributed by atoms with E-state index in [1.807, 2.05) is 0 Å². The van der Waals surface area contributed by atoms with Crippen molar-refractivity contribution in [2.75, 3.05) is 10.5 Å². The van der Waals surface area contributed by atoms with Gasteiger partial charge in [0.25, 0.3) is 0 Å². The first-order valence-electron chi connectivity index (χ1n) is 12.5. The Morgan fingerprint density at radius 2 is 1.90 bits per heavy atom. The summed E-state index contributed by atoms with van der Waals surface area (Å²) in [5.41, 5.74) is 6.89. The number of nitrogens with zero attached hydrogens (tertiary/aromatic N) is 2. The minimum atomic E-state index is -3.68. The number of para-hydroxylation sites is 1. The Labute approximate surface area is 237 Å². The number of anilines is 2. The number of benzene rings is 3. The molecule has 0 atom stereocenters. The number of nitrogens with one attached hydrogen (secondary N) is 2. The monoisotopic (exact) mass is 597 g/mol. The zero-order chi connectivity index (χ0) is 29.1. The minimum absolute atomic E-state index is 0.0121. The van der Waals surface area contributed by atoms with E-state index in [9.17, 15) is 17.6 Å². The number of halogens is 3. The van der Waals surface area contributed by atoms with Crippen molar-refractivity contribution in [3.8, 4) is 17.2 Å². The predicted molar refractivity (Wildman–Crippen MR) is 151 cm³/mol. The Morgan fingerprint density at radius 1 is 1.15 bits per heavy atom. The molecular weight excluding hydrogens is 576 g/mol. The number of rotatable bonds is 8. The standard InChI is InChI=1S/C28H22ClF2N5O4S/c1-14-8-16(40-25-5-3-2-4-19(25)29)11-21(31)26(14)36-28(32)18(13-33-36)27(37)24-10-15-9-20(30)23(12-22(15)34-24)35-41(38,39)17-6-7-17/h2-5,8-13,17,34-35H,6-7,32H2,1H3. The molecule has 13 heteroatoms. The number of ketones is 1. The average molecular weight is 598 g/mol. The Morgan fingerprint density at radius 3 is 2.61 bits per heavy atom. The molecule has 6 rings (SSSR count). The summed E-state index contributed by atoms with van der Waals surface area (Å²) in [6.45, 7) is 1.64. The molecule has 0 amide bonds. The number of aryl methyl sites for hydroxylation is 1. The molecule has 1 saturated carbocycles. The van der Waals surface area contributed by atoms with Crippen LogP contribution in [-0.2, 0) is 10.0 Å². The lowest BCUT2D eigenvalue weighted by atomic mass is 10.1. The van der Waals surface area contributed by atoms with Crippen LogP contribution in [0.1, 0.15) is 34.5 Å². The van der Waals surface area contributed by atoms with Crippen LogP contribution in [-0.4, -0.2) is 34.2 Å². The lowest BCUT2D eigenvalue weighted by Gasteiger charge is -2.13. The highest BCUT2D eigenvalue weighted by molar-refractivity contribution is 7.93. The topological polar surface area (TPSA) is 132 Å². The summed E-state index contributed by atoms with van der Waals surface area (Å²) in [6.07, 6.45) is 2.27. The van der Waals surface area contributed by atoms with Gasteiger partial charge < -0.3 is 15.5 Å². The van der Waals surface area contributed by atoms with E-state index in [-0.39, 0.29) is 34.2 Å². The third-order valence-electron chi connectivity index (χ3n) is 6.72. The van der Waals surface area contributed by atoms with Crippen molar-refractivity contribution in [1.82, 2.24) is 14.8 Å². The van der Waals surface area contributed by atoms with Crippen LogP contribution in [0.3, 0.4) is 0 Å². The number of carbonyl (C=O) groups is 1. The Bertz CT molecular complexity index is 1940. The van der Waals surface area contributed by atoms with Gasteiger partial charge in [-0.1, -0.05) is 23.7 Å². The Hall–Kier alpha value is -4.42. The van der Waals surface area contributed by atoms with Gasteiger partial charge in [0.1, 0.15) is 28.8 Å². The highest BCUT2D eigenvalue weighted by Gasteiger charge is 2.36. The lowest BCUT2D eigenvalue weighted by molar-refractivity contribution is 0.103. The second-order valence-corrected chi connectivity index (χ2v) is 12.1. The van der Waals surface area contributed by atoms with Crippen LogP contribution >= 0.6 is 11.6 Å². The third kappa shape index (κ3) is 5.00. The minimum Gasteiger partial charge on any atom is -0.456 e. The number of carbonyl (C=O) groups excluding carboxylic acids is 1. The van der Waals surface area contributed by atoms with Crippen molar-refractivity contribution in [3.05, 3.63) is 94.3 Å². The van der Waals surface area contributed by atoms with Gasteiger partial charge in [-0.25, -0.2) is 21.9 Å². The molecule has 9 nitrogen and oxygen atoms in total. The highest BCUT2D eigenvalue weighted by Crippen LogP contribution is 2.34. The number of aromatic amines is 1. The average Bonchev–Trinajstić information content (AvgIpc) is 3.61. The van der Waals surface area contributed by atoms with Crippen molar-refractivity contribution < 1.29 is 26.7 Å². The molecule has 2 aromatic heterocycles. The fourth-order valence-electron chi connectivity index (χ4n) is 4.51. The van der Waals surface area contributed by atoms with Gasteiger partial charge in [0, 0.05) is 17.0 Å². The second kappa shape index (κ2) is 9.89. The Kier molecular flexibility index (Phi) is 6.46. The molecule has 0 aliphatic heterocycles. The number of hydrogen-bond acceptors (Lipinski definition) is 6. The van der Waals surface area contributed by atoms with Crippen molar-refractivity contribution in [2.45, 2.75) is 25.0 Å². The predicted octanol–water partition coefficient (Wildman–Crippen LogP) is 6.10. The number of nitrogen functional groups attached to an aromatic ring is 1. The van der Waals surface area contributed by atoms with Gasteiger partial charge in [-0.15, -0.1) is 0 Å². The molecule has 5 aromatic rings. The van der Waals surface area contributed by atoms with Crippen LogP contribution in [0.4, 0.5) is 20.3 Å². The molecule has 0 spiro atoms. The first-order valence-corrected chi connectivity index (χ1v) is 14.4. The van der Waals surface area contributed by atoms with Crippen molar-refractivity contribution in [1.29, 1.82) is 0 Å². The van der Waals surface area contributed by atoms with E-state index in [4.69, 9.17) is 22.1 Å². The maximum atomic E-state index is 15.3. The summed E-state index contributed by atoms with van der Waals surface area (Å²) in [5, 5.41) is 4.33. The van der Waals surface area contributed by atoms with Gasteiger partial charge in [0.2, 0.25) is 15.8 Å². The number of sulfonamides is 1. The zero-order valence-corrected chi connectivity index (χ0v) is 23.0. The number of hydrogen-bond donors (Lipinski definition) is 3. The summed E-state index contributed by atoms with van der Waals surface area (Å²) in [5.74, 6) is -1.58. The summed E-state index contributed by atoms with van der Waals surface area (Å²) in [7, 11) is -3.68. The molecule has 1 aliphatic carbocycles. The van der Waals surface area contributed by atoms with Gasteiger partial charge in [-0.3, -0.25) is 9.52 Å². The quantitative estimate of drug-likeness (QED) is 0.185. The molecule has 1 aliphatic rings. The van der Waals surface area contributed by atoms with Gasteiger partial charge in [0.15, 0.2) is 5.82 Å². The molecule has 41 heavy (non-hydrogen) atoms. The van der Waals surface area contributed by atoms with E-state index in [0.717, 1.165) is 16.8 Å². The van der Waals surface area contributed by atoms with Crippen LogP contribution < -0.4 is 15.2 Å². The van der Waals surface area contributed by atoms with Crippen LogP contribution in [0.2, 0.25) is 5.02 Å². The molecule has 0 unspecified atom stereocenters. The number of fused-ring (bicyclic) bond motifs is 1. The van der Waals surface area contributed by atoms with Crippen LogP contribution in [0.25, 0.3) is 16.6 Å². The number of nitrogens with two attached hydrogens (primary N) is 1. The maximum absolute atomic E-state index is 15.3. The van der Waals surface area contributed by atoms with E-state index in [0.29, 0.717) is 40.1 Å². The summed E-state index contributed by atoms with van der Waals surface area (Å²) in [6, 6.07) is 13.4. The van der Waals surface area contributed by atoms with E-state index in [1.54, 1.807) is 37.3 Å². The normalized spacial score (nSPS) is 13.5. The summed E-state index contributed by atoms with van der Waals surface area (Å²) in [4.78, 5) is 16.2. The molecule has 1 fully saturated rings. The van der Waals surface area contributed by atoms with E-state index in [1.165, 1.54) is 18.3 Å². The van der Waals surface area contributed by atoms with Crippen LogP contribution in [0, 0.1) is 18.6 Å². The van der Waals surface area contributed by atoms with E-state index >= 15 is 4.39 Å². The molecule has 4 N–H and O–H groups in total. The zero-order valence-electron chi connectivity index (χ0n) is 21.4. The van der Waals surface area contributed by atoms with E-state index in [2.05, 4.69) is 14.8 Å². The number of ether oxygens (including phenoxy) is 1. The molecule has 2 heterocycles. The van der Waals surface area contributed by atoms with Gasteiger partial charge >= 0.3 is 0 Å². The van der Waals surface area contributed by atoms with Crippen molar-refractivity contribution >= 4 is 49.8 Å². The number of H-pyrrole nitrogens is 1. The largest absolute Gasteiger partial charge is 0.456 e. The van der Waals surface area contributed by atoms with Gasteiger partial charge in [-0.05, 0) is 61.7 Å². The highest BCUT2D eigenvalue weighted by atomic mass is 35.5.